The second-order valence-corrected chi connectivity index (χ2v) is 8.90. The molecule has 2 rings (SSSR count). The lowest BCUT2D eigenvalue weighted by molar-refractivity contribution is -0.120. The van der Waals surface area contributed by atoms with Crippen molar-refractivity contribution in [3.8, 4) is 0 Å². The molecular weight excluding hydrogens is 371 g/mol. The minimum Gasteiger partial charge on any atom is -0.343 e. The van der Waals surface area contributed by atoms with Gasteiger partial charge >= 0.3 is 7.60 Å². The molecule has 0 bridgehead atoms. The molecule has 0 fully saturated rings. The van der Waals surface area contributed by atoms with Crippen molar-refractivity contribution in [1.29, 1.82) is 0 Å². The number of carbonyl (C=O) groups excluding carboxylic acids is 2. The number of fused-ring (bicyclic) bond motifs is 1. The Kier molecular flexibility index (Phi) is 5.99. The van der Waals surface area contributed by atoms with Gasteiger partial charge in [-0.1, -0.05) is 12.1 Å². The van der Waals surface area contributed by atoms with Gasteiger partial charge in [-0.25, -0.2) is 12.7 Å². The molecule has 1 aliphatic rings. The van der Waals surface area contributed by atoms with Crippen molar-refractivity contribution in [1.82, 2.24) is 9.62 Å². The van der Waals surface area contributed by atoms with Gasteiger partial charge in [0.25, 0.3) is 15.9 Å². The van der Waals surface area contributed by atoms with Gasteiger partial charge in [0.1, 0.15) is 17.7 Å². The zero-order valence-corrected chi connectivity index (χ0v) is 15.5. The minimum absolute atomic E-state index is 0.0182. The Balaban J connectivity index is 2.07. The SMILES string of the molecule is CCOP(=O)(CNC(=O)CN1C(=O)c2ccccc2S1(=O)=O)OCC. The van der Waals surface area contributed by atoms with Gasteiger partial charge in [-0.05, 0) is 26.0 Å². The quantitative estimate of drug-likeness (QED) is 0.662. The van der Waals surface area contributed by atoms with Crippen molar-refractivity contribution in [3.63, 3.8) is 0 Å². The number of benzene rings is 1. The van der Waals surface area contributed by atoms with E-state index in [2.05, 4.69) is 5.32 Å². The summed E-state index contributed by atoms with van der Waals surface area (Å²) in [5, 5.41) is 2.29. The molecule has 0 unspecified atom stereocenters. The van der Waals surface area contributed by atoms with Crippen LogP contribution in [0.15, 0.2) is 29.2 Å². The van der Waals surface area contributed by atoms with E-state index in [9.17, 15) is 22.6 Å². The third-order valence-electron chi connectivity index (χ3n) is 3.32. The molecule has 25 heavy (non-hydrogen) atoms. The van der Waals surface area contributed by atoms with Gasteiger partial charge in [0, 0.05) is 0 Å². The van der Waals surface area contributed by atoms with Gasteiger partial charge in [-0.3, -0.25) is 14.2 Å². The second kappa shape index (κ2) is 7.65. The van der Waals surface area contributed by atoms with Crippen molar-refractivity contribution in [2.75, 3.05) is 26.0 Å². The lowest BCUT2D eigenvalue weighted by atomic mass is 10.2. The third kappa shape index (κ3) is 4.09. The number of amides is 2. The van der Waals surface area contributed by atoms with E-state index in [-0.39, 0.29) is 23.7 Å². The molecule has 1 N–H and O–H groups in total. The van der Waals surface area contributed by atoms with Crippen molar-refractivity contribution >= 4 is 29.4 Å². The molecule has 11 heteroatoms. The zero-order valence-electron chi connectivity index (χ0n) is 13.8. The highest BCUT2D eigenvalue weighted by Gasteiger charge is 2.42. The van der Waals surface area contributed by atoms with Crippen molar-refractivity contribution in [2.45, 2.75) is 18.7 Å². The first kappa shape index (κ1) is 19.6. The summed E-state index contributed by atoms with van der Waals surface area (Å²) in [4.78, 5) is 24.1. The van der Waals surface area contributed by atoms with Crippen molar-refractivity contribution in [3.05, 3.63) is 29.8 Å². The van der Waals surface area contributed by atoms with E-state index in [0.29, 0.717) is 4.31 Å². The molecule has 2 amide bonds. The predicted molar refractivity (Wildman–Crippen MR) is 88.5 cm³/mol. The number of hydrogen-bond donors (Lipinski definition) is 1. The normalized spacial score (nSPS) is 15.9. The molecule has 9 nitrogen and oxygen atoms in total. The Morgan fingerprint density at radius 1 is 1.20 bits per heavy atom. The maximum atomic E-state index is 12.4. The Morgan fingerprint density at radius 2 is 1.80 bits per heavy atom. The van der Waals surface area contributed by atoms with E-state index in [1.54, 1.807) is 13.8 Å². The van der Waals surface area contributed by atoms with Gasteiger partial charge in [-0.2, -0.15) is 0 Å². The monoisotopic (exact) mass is 390 g/mol. The summed E-state index contributed by atoms with van der Waals surface area (Å²) >= 11 is 0. The lowest BCUT2D eigenvalue weighted by Gasteiger charge is -2.19. The van der Waals surface area contributed by atoms with Crippen molar-refractivity contribution in [2.24, 2.45) is 0 Å². The number of hydrogen-bond acceptors (Lipinski definition) is 7. The van der Waals surface area contributed by atoms with E-state index in [0.717, 1.165) is 0 Å². The summed E-state index contributed by atoms with van der Waals surface area (Å²) in [6, 6.07) is 5.72. The number of rotatable bonds is 8. The van der Waals surface area contributed by atoms with Crippen LogP contribution in [-0.2, 0) is 28.4 Å². The highest BCUT2D eigenvalue weighted by Crippen LogP contribution is 2.46. The van der Waals surface area contributed by atoms with Crippen LogP contribution in [0.25, 0.3) is 0 Å². The van der Waals surface area contributed by atoms with Gasteiger partial charge in [0.2, 0.25) is 5.91 Å². The first-order valence-corrected chi connectivity index (χ1v) is 10.7. The van der Waals surface area contributed by atoms with E-state index >= 15 is 0 Å². The molecular formula is C14H19N2O7PS. The molecule has 0 radical (unpaired) electrons. The molecule has 1 heterocycles. The zero-order chi connectivity index (χ0) is 18.7. The Morgan fingerprint density at radius 3 is 2.36 bits per heavy atom. The number of nitrogens with one attached hydrogen (secondary N) is 1. The fourth-order valence-corrected chi connectivity index (χ4v) is 5.22. The van der Waals surface area contributed by atoms with Crippen molar-refractivity contribution < 1.29 is 31.6 Å². The maximum Gasteiger partial charge on any atom is 0.349 e. The molecule has 138 valence electrons. The summed E-state index contributed by atoms with van der Waals surface area (Å²) < 4.78 is 47.5. The highest BCUT2D eigenvalue weighted by atomic mass is 32.2. The van der Waals surface area contributed by atoms with Gasteiger partial charge < -0.3 is 14.4 Å². The van der Waals surface area contributed by atoms with E-state index < -0.39 is 42.3 Å². The van der Waals surface area contributed by atoms with Crippen LogP contribution < -0.4 is 5.32 Å². The van der Waals surface area contributed by atoms with Crippen LogP contribution in [0.3, 0.4) is 0 Å². The van der Waals surface area contributed by atoms with E-state index in [1.165, 1.54) is 24.3 Å². The minimum atomic E-state index is -4.07. The van der Waals surface area contributed by atoms with Crippen LogP contribution >= 0.6 is 7.60 Å². The number of carbonyl (C=O) groups is 2. The Bertz CT molecular complexity index is 814. The highest BCUT2D eigenvalue weighted by molar-refractivity contribution is 7.90. The Labute approximate surface area is 145 Å². The smallest absolute Gasteiger partial charge is 0.343 e. The first-order valence-electron chi connectivity index (χ1n) is 7.56. The van der Waals surface area contributed by atoms with Crippen LogP contribution in [0.5, 0.6) is 0 Å². The summed E-state index contributed by atoms with van der Waals surface area (Å²) in [5.74, 6) is -1.56. The van der Waals surface area contributed by atoms with Gasteiger partial charge in [0.15, 0.2) is 0 Å². The van der Waals surface area contributed by atoms with Gasteiger partial charge in [0.05, 0.1) is 18.8 Å². The fourth-order valence-electron chi connectivity index (χ4n) is 2.28. The van der Waals surface area contributed by atoms with Crippen LogP contribution in [0.1, 0.15) is 24.2 Å². The van der Waals surface area contributed by atoms with Crippen LogP contribution in [-0.4, -0.2) is 50.6 Å². The summed E-state index contributed by atoms with van der Waals surface area (Å²) in [6.07, 6.45) is -0.414. The average molecular weight is 390 g/mol. The topological polar surface area (TPSA) is 119 Å². The van der Waals surface area contributed by atoms with E-state index in [4.69, 9.17) is 9.05 Å². The second-order valence-electron chi connectivity index (χ2n) is 5.02. The van der Waals surface area contributed by atoms with Crippen LogP contribution in [0.4, 0.5) is 0 Å². The molecule has 0 saturated carbocycles. The van der Waals surface area contributed by atoms with Crippen LogP contribution in [0, 0.1) is 0 Å². The maximum absolute atomic E-state index is 12.4. The molecule has 1 aliphatic heterocycles. The van der Waals surface area contributed by atoms with Crippen LogP contribution in [0.2, 0.25) is 0 Å². The van der Waals surface area contributed by atoms with E-state index in [1.807, 2.05) is 0 Å². The molecule has 0 aromatic heterocycles. The number of sulfonamides is 1. The molecule has 0 spiro atoms. The molecule has 1 aromatic rings. The molecule has 0 aliphatic carbocycles. The summed E-state index contributed by atoms with van der Waals surface area (Å²) in [7, 11) is -7.58. The fraction of sp³-hybridized carbons (Fsp3) is 0.429. The number of nitrogens with zero attached hydrogens (tertiary/aromatic N) is 1. The predicted octanol–water partition coefficient (Wildman–Crippen LogP) is 1.17. The molecule has 0 saturated heterocycles. The Hall–Kier alpha value is -1.74. The molecule has 0 atom stereocenters. The lowest BCUT2D eigenvalue weighted by Crippen LogP contribution is -2.40. The summed E-state index contributed by atoms with van der Waals surface area (Å²) in [5.41, 5.74) is 0.0182. The first-order chi connectivity index (χ1) is 11.7. The summed E-state index contributed by atoms with van der Waals surface area (Å²) in [6.45, 7) is 2.79. The third-order valence-corrected chi connectivity index (χ3v) is 6.96. The largest absolute Gasteiger partial charge is 0.349 e. The standard InChI is InChI=1S/C14H19N2O7PS/c1-3-22-24(19,23-4-2)10-15-13(17)9-16-14(18)11-7-5-6-8-12(11)25(16,20)21/h5-8H,3-4,9-10H2,1-2H3,(H,15,17). The molecule has 1 aromatic carbocycles. The average Bonchev–Trinajstić information content (AvgIpc) is 2.75. The van der Waals surface area contributed by atoms with Gasteiger partial charge in [-0.15, -0.1) is 0 Å².